The maximum Gasteiger partial charge on any atom is 0.280 e. The van der Waals surface area contributed by atoms with E-state index in [0.717, 1.165) is 0 Å². The predicted octanol–water partition coefficient (Wildman–Crippen LogP) is 3.81. The highest BCUT2D eigenvalue weighted by Crippen LogP contribution is 2.33. The van der Waals surface area contributed by atoms with Gasteiger partial charge in [0.1, 0.15) is 11.1 Å². The van der Waals surface area contributed by atoms with E-state index in [0.29, 0.717) is 16.0 Å². The second-order valence-corrected chi connectivity index (χ2v) is 5.03. The summed E-state index contributed by atoms with van der Waals surface area (Å²) < 4.78 is 5.45. The van der Waals surface area contributed by atoms with Gasteiger partial charge in [-0.1, -0.05) is 23.7 Å². The van der Waals surface area contributed by atoms with Gasteiger partial charge in [-0.25, -0.2) is 0 Å². The summed E-state index contributed by atoms with van der Waals surface area (Å²) in [4.78, 5) is 22.9. The number of nitrogen functional groups attached to an aromatic ring is 1. The molecule has 0 bridgehead atoms. The lowest BCUT2D eigenvalue weighted by Crippen LogP contribution is -2.06. The fourth-order valence-electron chi connectivity index (χ4n) is 2.20. The Morgan fingerprint density at radius 3 is 2.68 bits per heavy atom. The second-order valence-electron chi connectivity index (χ2n) is 4.59. The molecule has 6 nitrogen and oxygen atoms in total. The molecule has 2 aromatic carbocycles. The van der Waals surface area contributed by atoms with Crippen molar-refractivity contribution < 1.29 is 14.1 Å². The van der Waals surface area contributed by atoms with Crippen LogP contribution in [0.2, 0.25) is 5.02 Å². The van der Waals surface area contributed by atoms with Crippen LogP contribution in [0.3, 0.4) is 0 Å². The maximum absolute atomic E-state index is 12.5. The SMILES string of the molecule is Nc1c(C(=O)c2ccccc2[N+](=O)[O-])oc2ccc(Cl)cc12. The molecule has 0 atom stereocenters. The average molecular weight is 317 g/mol. The van der Waals surface area contributed by atoms with Crippen LogP contribution in [-0.4, -0.2) is 10.7 Å². The first-order valence-electron chi connectivity index (χ1n) is 6.24. The van der Waals surface area contributed by atoms with Crippen LogP contribution >= 0.6 is 11.6 Å². The number of anilines is 1. The number of nitrogens with zero attached hydrogens (tertiary/aromatic N) is 1. The molecule has 0 radical (unpaired) electrons. The lowest BCUT2D eigenvalue weighted by Gasteiger charge is -2.00. The van der Waals surface area contributed by atoms with Crippen LogP contribution < -0.4 is 5.73 Å². The molecule has 3 aromatic rings. The Balaban J connectivity index is 2.18. The van der Waals surface area contributed by atoms with Gasteiger partial charge in [0.05, 0.1) is 10.6 Å². The highest BCUT2D eigenvalue weighted by molar-refractivity contribution is 6.31. The van der Waals surface area contributed by atoms with E-state index in [1.165, 1.54) is 24.3 Å². The molecule has 0 aliphatic carbocycles. The van der Waals surface area contributed by atoms with Crippen LogP contribution in [0.15, 0.2) is 46.9 Å². The first-order chi connectivity index (χ1) is 10.5. The number of nitro benzene ring substituents is 1. The molecule has 1 aromatic heterocycles. The molecule has 2 N–H and O–H groups in total. The number of carbonyl (C=O) groups is 1. The number of hydrogen-bond acceptors (Lipinski definition) is 5. The standard InChI is InChI=1S/C15H9ClN2O4/c16-8-5-6-12-10(7-8)13(17)15(22-12)14(19)9-3-1-2-4-11(9)18(20)21/h1-7H,17H2. The Kier molecular flexibility index (Phi) is 3.30. The number of nitrogens with two attached hydrogens (primary N) is 1. The third-order valence-corrected chi connectivity index (χ3v) is 3.48. The number of halogens is 1. The molecule has 0 fully saturated rings. The molecule has 0 aliphatic rings. The smallest absolute Gasteiger partial charge is 0.280 e. The minimum absolute atomic E-state index is 0.0793. The van der Waals surface area contributed by atoms with Crippen LogP contribution in [0, 0.1) is 10.1 Å². The van der Waals surface area contributed by atoms with Crippen molar-refractivity contribution in [3.8, 4) is 0 Å². The Bertz CT molecular complexity index is 917. The van der Waals surface area contributed by atoms with Crippen molar-refractivity contribution in [2.75, 3.05) is 5.73 Å². The number of benzene rings is 2. The molecule has 0 amide bonds. The van der Waals surface area contributed by atoms with E-state index in [-0.39, 0.29) is 22.7 Å². The minimum atomic E-state index is -0.642. The largest absolute Gasteiger partial charge is 0.450 e. The number of ketones is 1. The van der Waals surface area contributed by atoms with Crippen molar-refractivity contribution in [2.45, 2.75) is 0 Å². The molecule has 0 saturated heterocycles. The molecule has 22 heavy (non-hydrogen) atoms. The minimum Gasteiger partial charge on any atom is -0.450 e. The van der Waals surface area contributed by atoms with Gasteiger partial charge in [0, 0.05) is 16.5 Å². The second kappa shape index (κ2) is 5.16. The first-order valence-corrected chi connectivity index (χ1v) is 6.62. The number of furan rings is 1. The third kappa shape index (κ3) is 2.19. The van der Waals surface area contributed by atoms with Crippen molar-refractivity contribution in [2.24, 2.45) is 0 Å². The summed E-state index contributed by atoms with van der Waals surface area (Å²) >= 11 is 5.89. The van der Waals surface area contributed by atoms with Gasteiger partial charge in [0.25, 0.3) is 5.69 Å². The Morgan fingerprint density at radius 1 is 1.23 bits per heavy atom. The number of para-hydroxylation sites is 1. The van der Waals surface area contributed by atoms with Gasteiger partial charge in [-0.05, 0) is 24.3 Å². The summed E-state index contributed by atoms with van der Waals surface area (Å²) in [7, 11) is 0. The lowest BCUT2D eigenvalue weighted by atomic mass is 10.1. The molecule has 0 saturated carbocycles. The predicted molar refractivity (Wildman–Crippen MR) is 82.2 cm³/mol. The first kappa shape index (κ1) is 14.1. The summed E-state index contributed by atoms with van der Waals surface area (Å²) in [5.41, 5.74) is 6.05. The fraction of sp³-hybridized carbons (Fsp3) is 0. The molecule has 7 heteroatoms. The highest BCUT2D eigenvalue weighted by Gasteiger charge is 2.26. The van der Waals surface area contributed by atoms with Crippen LogP contribution in [0.5, 0.6) is 0 Å². The zero-order chi connectivity index (χ0) is 15.9. The summed E-state index contributed by atoms with van der Waals surface area (Å²) in [6, 6.07) is 10.4. The van der Waals surface area contributed by atoms with E-state index in [4.69, 9.17) is 21.8 Å². The van der Waals surface area contributed by atoms with Gasteiger partial charge >= 0.3 is 0 Å². The van der Waals surface area contributed by atoms with E-state index in [9.17, 15) is 14.9 Å². The highest BCUT2D eigenvalue weighted by atomic mass is 35.5. The van der Waals surface area contributed by atoms with Crippen molar-refractivity contribution in [3.05, 3.63) is 68.9 Å². The van der Waals surface area contributed by atoms with Gasteiger partial charge in [-0.2, -0.15) is 0 Å². The number of hydrogen-bond donors (Lipinski definition) is 1. The van der Waals surface area contributed by atoms with Crippen molar-refractivity contribution >= 4 is 39.7 Å². The number of fused-ring (bicyclic) bond motifs is 1. The molecule has 3 rings (SSSR count). The van der Waals surface area contributed by atoms with E-state index in [2.05, 4.69) is 0 Å². The third-order valence-electron chi connectivity index (χ3n) is 3.24. The van der Waals surface area contributed by atoms with Gasteiger partial charge in [0.15, 0.2) is 5.76 Å². The Morgan fingerprint density at radius 2 is 1.95 bits per heavy atom. The van der Waals surface area contributed by atoms with Crippen LogP contribution in [0.4, 0.5) is 11.4 Å². The average Bonchev–Trinajstić information content (AvgIpc) is 2.83. The van der Waals surface area contributed by atoms with Gasteiger partial charge in [-0.15, -0.1) is 0 Å². The zero-order valence-electron chi connectivity index (χ0n) is 11.1. The summed E-state index contributed by atoms with van der Waals surface area (Å²) in [5.74, 6) is -0.774. The molecule has 110 valence electrons. The maximum atomic E-state index is 12.5. The summed E-state index contributed by atoms with van der Waals surface area (Å²) in [6.45, 7) is 0. The van der Waals surface area contributed by atoms with Gasteiger partial charge < -0.3 is 10.2 Å². The van der Waals surface area contributed by atoms with E-state index in [1.54, 1.807) is 18.2 Å². The quantitative estimate of drug-likeness (QED) is 0.450. The van der Waals surface area contributed by atoms with Crippen molar-refractivity contribution in [1.29, 1.82) is 0 Å². The molecular formula is C15H9ClN2O4. The zero-order valence-corrected chi connectivity index (χ0v) is 11.8. The monoisotopic (exact) mass is 316 g/mol. The summed E-state index contributed by atoms with van der Waals surface area (Å²) in [6.07, 6.45) is 0. The Hall–Kier alpha value is -2.86. The molecule has 1 heterocycles. The van der Waals surface area contributed by atoms with Crippen LogP contribution in [0.25, 0.3) is 11.0 Å². The van der Waals surface area contributed by atoms with E-state index in [1.807, 2.05) is 0 Å². The van der Waals surface area contributed by atoms with Crippen LogP contribution in [0.1, 0.15) is 16.1 Å². The molecular weight excluding hydrogens is 308 g/mol. The normalized spacial score (nSPS) is 10.8. The topological polar surface area (TPSA) is 99.4 Å². The Labute approximate surface area is 129 Å². The molecule has 0 aliphatic heterocycles. The van der Waals surface area contributed by atoms with E-state index >= 15 is 0 Å². The lowest BCUT2D eigenvalue weighted by molar-refractivity contribution is -0.385. The van der Waals surface area contributed by atoms with E-state index < -0.39 is 10.7 Å². The number of carbonyl (C=O) groups excluding carboxylic acids is 1. The fourth-order valence-corrected chi connectivity index (χ4v) is 2.38. The van der Waals surface area contributed by atoms with Gasteiger partial charge in [0.2, 0.25) is 5.78 Å². The molecule has 0 spiro atoms. The van der Waals surface area contributed by atoms with Crippen molar-refractivity contribution in [1.82, 2.24) is 0 Å². The number of nitro groups is 1. The van der Waals surface area contributed by atoms with Crippen LogP contribution in [-0.2, 0) is 0 Å². The summed E-state index contributed by atoms with van der Waals surface area (Å²) in [5, 5.41) is 12.0. The molecule has 0 unspecified atom stereocenters. The number of rotatable bonds is 3. The van der Waals surface area contributed by atoms with Crippen molar-refractivity contribution in [3.63, 3.8) is 0 Å². The van der Waals surface area contributed by atoms with Gasteiger partial charge in [-0.3, -0.25) is 14.9 Å².